The second-order valence-corrected chi connectivity index (χ2v) is 9.77. The fourth-order valence-corrected chi connectivity index (χ4v) is 5.29. The van der Waals surface area contributed by atoms with E-state index in [0.29, 0.717) is 36.1 Å². The van der Waals surface area contributed by atoms with Crippen molar-refractivity contribution in [1.82, 2.24) is 10.2 Å². The minimum atomic E-state index is -3.33. The molecule has 0 bridgehead atoms. The van der Waals surface area contributed by atoms with Gasteiger partial charge in [-0.1, -0.05) is 31.7 Å². The summed E-state index contributed by atoms with van der Waals surface area (Å²) in [5.41, 5.74) is 3.15. The van der Waals surface area contributed by atoms with E-state index in [-0.39, 0.29) is 0 Å². The Bertz CT molecular complexity index is 993. The minimum absolute atomic E-state index is 0.387. The number of hydrogen-bond donors (Lipinski definition) is 3. The standard InChI is InChI=1S/C20H27N5O3S/c1-29(27,28)25-12-11-15-16(9-6-10-18(15)25)21-20(26)22-19-13-17(23-24-19)14-7-4-2-3-5-8-14/h6,9-10,13-14H,2-5,7-8,11-12H2,1H3,(H3,21,22,23,24,26). The molecule has 1 aliphatic heterocycles. The number of benzene rings is 1. The fourth-order valence-electron chi connectivity index (χ4n) is 4.34. The molecule has 0 radical (unpaired) electrons. The van der Waals surface area contributed by atoms with E-state index < -0.39 is 16.1 Å². The number of carbonyl (C=O) groups is 1. The highest BCUT2D eigenvalue weighted by Crippen LogP contribution is 2.35. The lowest BCUT2D eigenvalue weighted by atomic mass is 9.97. The topological polar surface area (TPSA) is 107 Å². The highest BCUT2D eigenvalue weighted by atomic mass is 32.2. The summed E-state index contributed by atoms with van der Waals surface area (Å²) in [5.74, 6) is 0.968. The van der Waals surface area contributed by atoms with Crippen molar-refractivity contribution in [2.45, 2.75) is 50.9 Å². The molecular weight excluding hydrogens is 390 g/mol. The smallest absolute Gasteiger partial charge is 0.307 e. The quantitative estimate of drug-likeness (QED) is 0.658. The van der Waals surface area contributed by atoms with Crippen molar-refractivity contribution in [1.29, 1.82) is 0 Å². The van der Waals surface area contributed by atoms with Crippen LogP contribution in [0.5, 0.6) is 0 Å². The molecule has 2 aliphatic rings. The van der Waals surface area contributed by atoms with Crippen LogP contribution in [0, 0.1) is 0 Å². The van der Waals surface area contributed by atoms with E-state index in [9.17, 15) is 13.2 Å². The molecule has 8 nitrogen and oxygen atoms in total. The van der Waals surface area contributed by atoms with Gasteiger partial charge >= 0.3 is 6.03 Å². The molecule has 1 aromatic carbocycles. The molecule has 2 amide bonds. The predicted octanol–water partition coefficient (Wildman–Crippen LogP) is 3.81. The van der Waals surface area contributed by atoms with Gasteiger partial charge in [0.1, 0.15) is 0 Å². The second kappa shape index (κ2) is 8.06. The Morgan fingerprint density at radius 2 is 1.93 bits per heavy atom. The zero-order chi connectivity index (χ0) is 20.4. The largest absolute Gasteiger partial charge is 0.324 e. The summed E-state index contributed by atoms with van der Waals surface area (Å²) in [5, 5.41) is 12.9. The molecule has 156 valence electrons. The Morgan fingerprint density at radius 1 is 1.17 bits per heavy atom. The van der Waals surface area contributed by atoms with Crippen LogP contribution in [0.2, 0.25) is 0 Å². The lowest BCUT2D eigenvalue weighted by Crippen LogP contribution is -2.27. The molecule has 9 heteroatoms. The van der Waals surface area contributed by atoms with E-state index in [1.54, 1.807) is 18.2 Å². The molecule has 1 fully saturated rings. The molecule has 1 saturated carbocycles. The summed E-state index contributed by atoms with van der Waals surface area (Å²) in [6, 6.07) is 6.81. The number of amides is 2. The molecule has 1 aromatic heterocycles. The van der Waals surface area contributed by atoms with E-state index >= 15 is 0 Å². The van der Waals surface area contributed by atoms with Crippen LogP contribution in [-0.4, -0.2) is 37.4 Å². The molecule has 0 unspecified atom stereocenters. The number of urea groups is 1. The van der Waals surface area contributed by atoms with Gasteiger partial charge in [-0.25, -0.2) is 13.2 Å². The van der Waals surface area contributed by atoms with Crippen LogP contribution < -0.4 is 14.9 Å². The summed E-state index contributed by atoms with van der Waals surface area (Å²) in [6.45, 7) is 0.387. The Hall–Kier alpha value is -2.55. The van der Waals surface area contributed by atoms with Crippen molar-refractivity contribution in [3.8, 4) is 0 Å². The zero-order valence-electron chi connectivity index (χ0n) is 16.6. The van der Waals surface area contributed by atoms with Crippen LogP contribution in [0.15, 0.2) is 24.3 Å². The third-order valence-electron chi connectivity index (χ3n) is 5.77. The Morgan fingerprint density at radius 3 is 2.66 bits per heavy atom. The lowest BCUT2D eigenvalue weighted by molar-refractivity contribution is 0.262. The number of aromatic amines is 1. The van der Waals surface area contributed by atoms with Crippen molar-refractivity contribution in [2.75, 3.05) is 27.7 Å². The summed E-state index contributed by atoms with van der Waals surface area (Å²) < 4.78 is 25.3. The van der Waals surface area contributed by atoms with Gasteiger partial charge in [0.2, 0.25) is 10.0 Å². The van der Waals surface area contributed by atoms with Crippen molar-refractivity contribution >= 4 is 33.2 Å². The number of fused-ring (bicyclic) bond motifs is 1. The monoisotopic (exact) mass is 417 g/mol. The maximum absolute atomic E-state index is 12.5. The first kappa shape index (κ1) is 19.8. The van der Waals surface area contributed by atoms with Crippen molar-refractivity contribution in [3.05, 3.63) is 35.5 Å². The number of hydrogen-bond acceptors (Lipinski definition) is 4. The number of nitrogens with one attached hydrogen (secondary N) is 3. The highest BCUT2D eigenvalue weighted by Gasteiger charge is 2.28. The molecule has 0 atom stereocenters. The molecule has 2 aromatic rings. The number of aromatic nitrogens is 2. The third-order valence-corrected chi connectivity index (χ3v) is 6.95. The SMILES string of the molecule is CS(=O)(=O)N1CCc2c(NC(=O)Nc3cc(C4CCCCCC4)[nH]n3)cccc21. The Labute approximate surface area is 171 Å². The Balaban J connectivity index is 1.43. The van der Waals surface area contributed by atoms with E-state index in [1.165, 1.54) is 36.2 Å². The van der Waals surface area contributed by atoms with Gasteiger partial charge in [0.05, 0.1) is 11.9 Å². The first-order chi connectivity index (χ1) is 13.9. The second-order valence-electron chi connectivity index (χ2n) is 7.86. The van der Waals surface area contributed by atoms with Gasteiger partial charge in [0, 0.05) is 35.5 Å². The number of carbonyl (C=O) groups excluding carboxylic acids is 1. The van der Waals surface area contributed by atoms with Gasteiger partial charge in [-0.05, 0) is 31.4 Å². The summed E-state index contributed by atoms with van der Waals surface area (Å²) >= 11 is 0. The van der Waals surface area contributed by atoms with E-state index in [0.717, 1.165) is 24.1 Å². The van der Waals surface area contributed by atoms with E-state index in [2.05, 4.69) is 20.8 Å². The third kappa shape index (κ3) is 4.39. The number of sulfonamides is 1. The average molecular weight is 418 g/mol. The first-order valence-corrected chi connectivity index (χ1v) is 12.0. The normalized spacial score (nSPS) is 17.6. The molecule has 0 spiro atoms. The maximum atomic E-state index is 12.5. The van der Waals surface area contributed by atoms with Gasteiger partial charge in [0.25, 0.3) is 0 Å². The first-order valence-electron chi connectivity index (χ1n) is 10.1. The van der Waals surface area contributed by atoms with Gasteiger partial charge in [-0.2, -0.15) is 5.10 Å². The van der Waals surface area contributed by atoms with Gasteiger partial charge < -0.3 is 5.32 Å². The zero-order valence-corrected chi connectivity index (χ0v) is 17.4. The number of anilines is 3. The molecule has 2 heterocycles. The Kier molecular flexibility index (Phi) is 5.49. The number of nitrogens with zero attached hydrogens (tertiary/aromatic N) is 2. The van der Waals surface area contributed by atoms with Crippen LogP contribution >= 0.6 is 0 Å². The van der Waals surface area contributed by atoms with Crippen molar-refractivity contribution in [2.24, 2.45) is 0 Å². The molecular formula is C20H27N5O3S. The van der Waals surface area contributed by atoms with Crippen LogP contribution in [0.3, 0.4) is 0 Å². The van der Waals surface area contributed by atoms with Gasteiger partial charge in [-0.3, -0.25) is 14.7 Å². The molecule has 29 heavy (non-hydrogen) atoms. The van der Waals surface area contributed by atoms with Gasteiger partial charge in [0.15, 0.2) is 5.82 Å². The average Bonchev–Trinajstić information content (AvgIpc) is 3.22. The van der Waals surface area contributed by atoms with E-state index in [4.69, 9.17) is 0 Å². The van der Waals surface area contributed by atoms with Crippen molar-refractivity contribution in [3.63, 3.8) is 0 Å². The summed E-state index contributed by atoms with van der Waals surface area (Å²) in [6.07, 6.45) is 9.10. The van der Waals surface area contributed by atoms with Crippen LogP contribution in [0.4, 0.5) is 22.0 Å². The summed E-state index contributed by atoms with van der Waals surface area (Å²) in [7, 11) is -3.33. The molecule has 1 aliphatic carbocycles. The molecule has 3 N–H and O–H groups in total. The van der Waals surface area contributed by atoms with Gasteiger partial charge in [-0.15, -0.1) is 0 Å². The fraction of sp³-hybridized carbons (Fsp3) is 0.500. The van der Waals surface area contributed by atoms with E-state index in [1.807, 2.05) is 6.07 Å². The van der Waals surface area contributed by atoms with Crippen LogP contribution in [0.1, 0.15) is 55.7 Å². The lowest BCUT2D eigenvalue weighted by Gasteiger charge is -2.17. The molecule has 4 rings (SSSR count). The highest BCUT2D eigenvalue weighted by molar-refractivity contribution is 7.92. The van der Waals surface area contributed by atoms with Crippen LogP contribution in [-0.2, 0) is 16.4 Å². The van der Waals surface area contributed by atoms with Crippen LogP contribution in [0.25, 0.3) is 0 Å². The van der Waals surface area contributed by atoms with Crippen molar-refractivity contribution < 1.29 is 13.2 Å². The molecule has 0 saturated heterocycles. The predicted molar refractivity (Wildman–Crippen MR) is 114 cm³/mol. The number of H-pyrrole nitrogens is 1. The summed E-state index contributed by atoms with van der Waals surface area (Å²) in [4.78, 5) is 12.5. The maximum Gasteiger partial charge on any atom is 0.324 e. The number of rotatable bonds is 4. The minimum Gasteiger partial charge on any atom is -0.307 e.